The Bertz CT molecular complexity index is 742. The van der Waals surface area contributed by atoms with Gasteiger partial charge in [0.2, 0.25) is 0 Å². The molecule has 1 aromatic carbocycles. The van der Waals surface area contributed by atoms with Crippen molar-refractivity contribution in [1.82, 2.24) is 4.98 Å². The average molecular weight is 331 g/mol. The lowest BCUT2D eigenvalue weighted by Gasteiger charge is -2.22. The van der Waals surface area contributed by atoms with Crippen molar-refractivity contribution in [2.45, 2.75) is 37.7 Å². The van der Waals surface area contributed by atoms with E-state index in [-0.39, 0.29) is 24.5 Å². The van der Waals surface area contributed by atoms with Crippen molar-refractivity contribution < 1.29 is 18.5 Å². The van der Waals surface area contributed by atoms with Crippen LogP contribution in [0.25, 0.3) is 10.9 Å². The zero-order chi connectivity index (χ0) is 16.2. The van der Waals surface area contributed by atoms with E-state index in [0.717, 1.165) is 52.7 Å². The summed E-state index contributed by atoms with van der Waals surface area (Å²) < 4.78 is 10.4. The molecule has 0 radical (unpaired) electrons. The Balaban J connectivity index is 1.76. The number of hydrogen-bond donors (Lipinski definition) is 0. The van der Waals surface area contributed by atoms with E-state index < -0.39 is 0 Å². The number of hydrogen-bond acceptors (Lipinski definition) is 6. The van der Waals surface area contributed by atoms with E-state index in [2.05, 4.69) is 4.98 Å². The molecule has 1 aromatic heterocycles. The molecule has 2 aromatic rings. The fraction of sp³-hybridized carbons (Fsp3) is 0.353. The van der Waals surface area contributed by atoms with Gasteiger partial charge in [-0.05, 0) is 36.6 Å². The van der Waals surface area contributed by atoms with E-state index in [1.807, 2.05) is 24.3 Å². The third-order valence-electron chi connectivity index (χ3n) is 3.86. The Morgan fingerprint density at radius 2 is 2.13 bits per heavy atom. The molecular formula is C17H17NO4S. The maximum atomic E-state index is 11.9. The number of ether oxygens (including phenoxy) is 1. The molecule has 5 nitrogen and oxygen atoms in total. The van der Waals surface area contributed by atoms with E-state index in [1.165, 1.54) is 6.92 Å². The molecule has 0 amide bonds. The lowest BCUT2D eigenvalue weighted by molar-refractivity contribution is -0.142. The molecule has 23 heavy (non-hydrogen) atoms. The number of carbonyl (C=O) groups excluding carboxylic acids is 2. The lowest BCUT2D eigenvalue weighted by Crippen LogP contribution is -2.22. The van der Waals surface area contributed by atoms with Crippen LogP contribution in [0.4, 0.5) is 0 Å². The van der Waals surface area contributed by atoms with Crippen LogP contribution >= 0.6 is 12.0 Å². The molecule has 1 aliphatic rings. The Hall–Kier alpha value is -2.08. The van der Waals surface area contributed by atoms with Crippen molar-refractivity contribution in [2.75, 3.05) is 0 Å². The minimum atomic E-state index is -0.319. The second-order valence-electron chi connectivity index (χ2n) is 5.55. The fourth-order valence-electron chi connectivity index (χ4n) is 2.31. The predicted molar refractivity (Wildman–Crippen MR) is 86.5 cm³/mol. The first-order chi connectivity index (χ1) is 11.1. The van der Waals surface area contributed by atoms with Gasteiger partial charge in [0.05, 0.1) is 28.4 Å². The minimum Gasteiger partial charge on any atom is -0.461 e. The SMILES string of the molecule is CC(=O)OCc1ccc2nccc(SOC(=O)C3CCC3)c2c1. The van der Waals surface area contributed by atoms with E-state index in [4.69, 9.17) is 8.92 Å². The Morgan fingerprint density at radius 3 is 2.83 bits per heavy atom. The fourth-order valence-corrected chi connectivity index (χ4v) is 2.99. The molecule has 1 saturated carbocycles. The Labute approximate surface area is 138 Å². The normalized spacial score (nSPS) is 14.3. The summed E-state index contributed by atoms with van der Waals surface area (Å²) in [5.41, 5.74) is 1.68. The van der Waals surface area contributed by atoms with Crippen LogP contribution in [-0.2, 0) is 25.1 Å². The summed E-state index contributed by atoms with van der Waals surface area (Å²) in [6, 6.07) is 7.46. The maximum absolute atomic E-state index is 11.9. The summed E-state index contributed by atoms with van der Waals surface area (Å²) in [6.45, 7) is 1.59. The summed E-state index contributed by atoms with van der Waals surface area (Å²) in [7, 11) is 0. The van der Waals surface area contributed by atoms with Crippen LogP contribution in [-0.4, -0.2) is 16.9 Å². The van der Waals surface area contributed by atoms with Gasteiger partial charge >= 0.3 is 11.9 Å². The zero-order valence-corrected chi connectivity index (χ0v) is 13.6. The van der Waals surface area contributed by atoms with Crippen LogP contribution in [0.15, 0.2) is 35.4 Å². The number of aromatic nitrogens is 1. The molecule has 1 aliphatic carbocycles. The first-order valence-electron chi connectivity index (χ1n) is 7.53. The van der Waals surface area contributed by atoms with E-state index in [1.54, 1.807) is 6.20 Å². The van der Waals surface area contributed by atoms with Gasteiger partial charge in [0, 0.05) is 18.5 Å². The standard InChI is InChI=1S/C17H17NO4S/c1-11(19)21-10-12-5-6-15-14(9-12)16(7-8-18-15)23-22-17(20)13-3-2-4-13/h5-9,13H,2-4,10H2,1H3. The molecule has 120 valence electrons. The molecule has 6 heteroatoms. The van der Waals surface area contributed by atoms with Crippen LogP contribution in [0, 0.1) is 5.92 Å². The first-order valence-corrected chi connectivity index (χ1v) is 8.27. The van der Waals surface area contributed by atoms with Crippen molar-refractivity contribution in [3.05, 3.63) is 36.0 Å². The predicted octanol–water partition coefficient (Wildman–Crippen LogP) is 3.65. The van der Waals surface area contributed by atoms with Crippen molar-refractivity contribution in [3.63, 3.8) is 0 Å². The van der Waals surface area contributed by atoms with Gasteiger partial charge in [-0.1, -0.05) is 12.5 Å². The topological polar surface area (TPSA) is 65.5 Å². The molecule has 3 rings (SSSR count). The number of esters is 1. The molecule has 0 unspecified atom stereocenters. The van der Waals surface area contributed by atoms with Crippen molar-refractivity contribution in [2.24, 2.45) is 5.92 Å². The largest absolute Gasteiger partial charge is 0.461 e. The van der Waals surface area contributed by atoms with Crippen LogP contribution < -0.4 is 0 Å². The summed E-state index contributed by atoms with van der Waals surface area (Å²) in [4.78, 5) is 27.9. The van der Waals surface area contributed by atoms with Crippen molar-refractivity contribution >= 4 is 34.9 Å². The summed E-state index contributed by atoms with van der Waals surface area (Å²) in [5.74, 6) is -0.419. The molecule has 0 saturated heterocycles. The van der Waals surface area contributed by atoms with E-state index in [0.29, 0.717) is 0 Å². The average Bonchev–Trinajstić information content (AvgIpc) is 2.49. The number of pyridine rings is 1. The third kappa shape index (κ3) is 3.82. The molecule has 1 fully saturated rings. The molecular weight excluding hydrogens is 314 g/mol. The maximum Gasteiger partial charge on any atom is 0.321 e. The van der Waals surface area contributed by atoms with Gasteiger partial charge in [-0.3, -0.25) is 14.6 Å². The van der Waals surface area contributed by atoms with Gasteiger partial charge in [0.25, 0.3) is 0 Å². The highest BCUT2D eigenvalue weighted by molar-refractivity contribution is 7.95. The van der Waals surface area contributed by atoms with Gasteiger partial charge in [0.1, 0.15) is 6.61 Å². The molecule has 0 spiro atoms. The van der Waals surface area contributed by atoms with Crippen molar-refractivity contribution in [1.29, 1.82) is 0 Å². The lowest BCUT2D eigenvalue weighted by atomic mass is 9.86. The van der Waals surface area contributed by atoms with Gasteiger partial charge in [-0.15, -0.1) is 0 Å². The number of fused-ring (bicyclic) bond motifs is 1. The van der Waals surface area contributed by atoms with Crippen molar-refractivity contribution in [3.8, 4) is 0 Å². The highest BCUT2D eigenvalue weighted by atomic mass is 32.2. The minimum absolute atomic E-state index is 0.0510. The Morgan fingerprint density at radius 1 is 1.30 bits per heavy atom. The number of benzene rings is 1. The highest BCUT2D eigenvalue weighted by Crippen LogP contribution is 2.33. The van der Waals surface area contributed by atoms with Crippen LogP contribution in [0.5, 0.6) is 0 Å². The van der Waals surface area contributed by atoms with Crippen LogP contribution in [0.2, 0.25) is 0 Å². The first kappa shape index (κ1) is 15.8. The quantitative estimate of drug-likeness (QED) is 0.615. The second-order valence-corrected chi connectivity index (χ2v) is 6.33. The summed E-state index contributed by atoms with van der Waals surface area (Å²) in [5, 5.41) is 0.878. The molecule has 1 heterocycles. The smallest absolute Gasteiger partial charge is 0.321 e. The molecule has 0 N–H and O–H groups in total. The number of rotatable bonds is 5. The second kappa shape index (κ2) is 7.00. The van der Waals surface area contributed by atoms with Gasteiger partial charge in [0.15, 0.2) is 0 Å². The van der Waals surface area contributed by atoms with Gasteiger partial charge in [-0.2, -0.15) is 0 Å². The van der Waals surface area contributed by atoms with Gasteiger partial charge in [-0.25, -0.2) is 0 Å². The summed E-state index contributed by atoms with van der Waals surface area (Å²) >= 11 is 1.07. The van der Waals surface area contributed by atoms with Crippen LogP contribution in [0.3, 0.4) is 0 Å². The third-order valence-corrected chi connectivity index (χ3v) is 4.64. The van der Waals surface area contributed by atoms with Crippen LogP contribution in [0.1, 0.15) is 31.7 Å². The molecule has 0 bridgehead atoms. The molecule has 0 atom stereocenters. The highest BCUT2D eigenvalue weighted by Gasteiger charge is 2.27. The van der Waals surface area contributed by atoms with E-state index in [9.17, 15) is 9.59 Å². The summed E-state index contributed by atoms with van der Waals surface area (Å²) in [6.07, 6.45) is 4.63. The number of carbonyl (C=O) groups is 2. The Kier molecular flexibility index (Phi) is 4.81. The monoisotopic (exact) mass is 331 g/mol. The van der Waals surface area contributed by atoms with Gasteiger partial charge < -0.3 is 8.92 Å². The number of nitrogens with zero attached hydrogens (tertiary/aromatic N) is 1. The van der Waals surface area contributed by atoms with E-state index >= 15 is 0 Å². The zero-order valence-electron chi connectivity index (χ0n) is 12.8. The molecule has 0 aliphatic heterocycles.